The Bertz CT molecular complexity index is 222. The predicted octanol–water partition coefficient (Wildman–Crippen LogP) is 2.76. The van der Waals surface area contributed by atoms with Gasteiger partial charge in [-0.05, 0) is 53.9 Å². The first-order valence-electron chi connectivity index (χ1n) is 5.92. The van der Waals surface area contributed by atoms with Crippen LogP contribution < -0.4 is 5.32 Å². The van der Waals surface area contributed by atoms with Crippen molar-refractivity contribution in [2.24, 2.45) is 0 Å². The molecule has 0 spiro atoms. The van der Waals surface area contributed by atoms with Crippen LogP contribution in [0.25, 0.3) is 0 Å². The van der Waals surface area contributed by atoms with E-state index in [1.165, 1.54) is 6.42 Å². The van der Waals surface area contributed by atoms with Crippen LogP contribution >= 0.6 is 0 Å². The van der Waals surface area contributed by atoms with E-state index < -0.39 is 0 Å². The van der Waals surface area contributed by atoms with Crippen molar-refractivity contribution < 1.29 is 4.79 Å². The van der Waals surface area contributed by atoms with Gasteiger partial charge in [0, 0.05) is 17.6 Å². The third-order valence-electron chi connectivity index (χ3n) is 2.91. The molecule has 3 heteroatoms. The van der Waals surface area contributed by atoms with Crippen LogP contribution in [0.15, 0.2) is 0 Å². The maximum atomic E-state index is 12.0. The minimum atomic E-state index is -0.145. The van der Waals surface area contributed by atoms with E-state index in [0.717, 1.165) is 12.8 Å². The minimum Gasteiger partial charge on any atom is -0.333 e. The molecule has 0 aromatic heterocycles. The number of hydrogen-bond donors (Lipinski definition) is 1. The summed E-state index contributed by atoms with van der Waals surface area (Å²) in [4.78, 5) is 14.0. The number of rotatable bonds is 0. The molecule has 0 radical (unpaired) electrons. The van der Waals surface area contributed by atoms with Gasteiger partial charge in [0.25, 0.3) is 0 Å². The normalized spacial score (nSPS) is 27.7. The second-order valence-corrected chi connectivity index (χ2v) is 5.72. The SMILES string of the molecule is C[C@@H]1CCC[C@H](C)N1C(=O)NC(C)(C)C. The number of likely N-dealkylation sites (tertiary alicyclic amines) is 1. The molecule has 15 heavy (non-hydrogen) atoms. The molecule has 1 rings (SSSR count). The molecule has 0 unspecified atom stereocenters. The molecule has 0 saturated carbocycles. The zero-order valence-electron chi connectivity index (χ0n) is 10.6. The maximum Gasteiger partial charge on any atom is 0.318 e. The van der Waals surface area contributed by atoms with Gasteiger partial charge in [-0.2, -0.15) is 0 Å². The van der Waals surface area contributed by atoms with Gasteiger partial charge in [-0.25, -0.2) is 4.79 Å². The van der Waals surface area contributed by atoms with Gasteiger partial charge in [0.05, 0.1) is 0 Å². The Labute approximate surface area is 93.2 Å². The van der Waals surface area contributed by atoms with Gasteiger partial charge in [0.15, 0.2) is 0 Å². The van der Waals surface area contributed by atoms with Crippen LogP contribution in [0.1, 0.15) is 53.9 Å². The van der Waals surface area contributed by atoms with Gasteiger partial charge in [-0.3, -0.25) is 0 Å². The summed E-state index contributed by atoms with van der Waals surface area (Å²) in [6.45, 7) is 10.3. The van der Waals surface area contributed by atoms with Crippen molar-refractivity contribution in [2.45, 2.75) is 71.5 Å². The molecule has 1 N–H and O–H groups in total. The van der Waals surface area contributed by atoms with Crippen LogP contribution in [0.2, 0.25) is 0 Å². The molecule has 0 aromatic carbocycles. The van der Waals surface area contributed by atoms with Gasteiger partial charge in [0.1, 0.15) is 0 Å². The Balaban J connectivity index is 2.64. The smallest absolute Gasteiger partial charge is 0.318 e. The van der Waals surface area contributed by atoms with Crippen LogP contribution in [-0.2, 0) is 0 Å². The molecule has 0 bridgehead atoms. The lowest BCUT2D eigenvalue weighted by atomic mass is 9.98. The van der Waals surface area contributed by atoms with E-state index in [4.69, 9.17) is 0 Å². The number of carbonyl (C=O) groups is 1. The van der Waals surface area contributed by atoms with Crippen molar-refractivity contribution in [1.82, 2.24) is 10.2 Å². The Kier molecular flexibility index (Phi) is 3.63. The van der Waals surface area contributed by atoms with Crippen molar-refractivity contribution >= 4 is 6.03 Å². The maximum absolute atomic E-state index is 12.0. The molecular weight excluding hydrogens is 188 g/mol. The first-order valence-corrected chi connectivity index (χ1v) is 5.92. The topological polar surface area (TPSA) is 32.3 Å². The standard InChI is InChI=1S/C12H24N2O/c1-9-7-6-8-10(2)14(9)11(15)13-12(3,4)5/h9-10H,6-8H2,1-5H3,(H,13,15)/t9-,10+. The highest BCUT2D eigenvalue weighted by molar-refractivity contribution is 5.75. The van der Waals surface area contributed by atoms with Crippen molar-refractivity contribution in [3.8, 4) is 0 Å². The Morgan fingerprint density at radius 3 is 2.07 bits per heavy atom. The predicted molar refractivity (Wildman–Crippen MR) is 62.9 cm³/mol. The summed E-state index contributed by atoms with van der Waals surface area (Å²) in [6, 6.07) is 0.828. The van der Waals surface area contributed by atoms with Gasteiger partial charge < -0.3 is 10.2 Å². The lowest BCUT2D eigenvalue weighted by molar-refractivity contribution is 0.117. The van der Waals surface area contributed by atoms with Crippen LogP contribution in [0.4, 0.5) is 4.79 Å². The average Bonchev–Trinajstić information content (AvgIpc) is 1.99. The molecule has 0 aliphatic carbocycles. The van der Waals surface area contributed by atoms with Gasteiger partial charge in [-0.1, -0.05) is 0 Å². The molecular formula is C12H24N2O. The number of nitrogens with one attached hydrogen (secondary N) is 1. The number of nitrogens with zero attached hydrogens (tertiary/aromatic N) is 1. The van der Waals surface area contributed by atoms with E-state index in [-0.39, 0.29) is 11.6 Å². The number of carbonyl (C=O) groups excluding carboxylic acids is 1. The highest BCUT2D eigenvalue weighted by atomic mass is 16.2. The van der Waals surface area contributed by atoms with E-state index in [1.54, 1.807) is 0 Å². The summed E-state index contributed by atoms with van der Waals surface area (Å²) in [6.07, 6.45) is 3.49. The zero-order chi connectivity index (χ0) is 11.6. The van der Waals surface area contributed by atoms with Crippen LogP contribution in [-0.4, -0.2) is 28.6 Å². The third kappa shape index (κ3) is 3.40. The molecule has 88 valence electrons. The highest BCUT2D eigenvalue weighted by Gasteiger charge is 2.30. The van der Waals surface area contributed by atoms with Crippen LogP contribution in [0.3, 0.4) is 0 Å². The van der Waals surface area contributed by atoms with Gasteiger partial charge >= 0.3 is 6.03 Å². The summed E-state index contributed by atoms with van der Waals surface area (Å²) in [5, 5.41) is 3.04. The average molecular weight is 212 g/mol. The first kappa shape index (κ1) is 12.3. The van der Waals surface area contributed by atoms with Crippen molar-refractivity contribution in [2.75, 3.05) is 0 Å². The molecule has 1 aliphatic rings. The monoisotopic (exact) mass is 212 g/mol. The molecule has 1 saturated heterocycles. The van der Waals surface area contributed by atoms with E-state index in [1.807, 2.05) is 25.7 Å². The minimum absolute atomic E-state index is 0.0854. The molecule has 1 aliphatic heterocycles. The lowest BCUT2D eigenvalue weighted by Crippen LogP contribution is -2.55. The molecule has 2 atom stereocenters. The van der Waals surface area contributed by atoms with Crippen LogP contribution in [0, 0.1) is 0 Å². The fourth-order valence-electron chi connectivity index (χ4n) is 2.21. The first-order chi connectivity index (χ1) is 6.81. The summed E-state index contributed by atoms with van der Waals surface area (Å²) in [5.41, 5.74) is -0.145. The highest BCUT2D eigenvalue weighted by Crippen LogP contribution is 2.22. The molecule has 0 aromatic rings. The van der Waals surface area contributed by atoms with Gasteiger partial charge in [0.2, 0.25) is 0 Å². The van der Waals surface area contributed by atoms with Crippen molar-refractivity contribution in [3.05, 3.63) is 0 Å². The van der Waals surface area contributed by atoms with E-state index in [2.05, 4.69) is 19.2 Å². The second kappa shape index (κ2) is 4.42. The van der Waals surface area contributed by atoms with Crippen molar-refractivity contribution in [3.63, 3.8) is 0 Å². The van der Waals surface area contributed by atoms with E-state index in [9.17, 15) is 4.79 Å². The Morgan fingerprint density at radius 2 is 1.67 bits per heavy atom. The third-order valence-corrected chi connectivity index (χ3v) is 2.91. The second-order valence-electron chi connectivity index (χ2n) is 5.72. The Morgan fingerprint density at radius 1 is 1.20 bits per heavy atom. The van der Waals surface area contributed by atoms with E-state index >= 15 is 0 Å². The summed E-state index contributed by atoms with van der Waals surface area (Å²) in [5.74, 6) is 0. The van der Waals surface area contributed by atoms with Crippen LogP contribution in [0.5, 0.6) is 0 Å². The molecule has 1 fully saturated rings. The number of urea groups is 1. The largest absolute Gasteiger partial charge is 0.333 e. The molecule has 1 heterocycles. The van der Waals surface area contributed by atoms with Gasteiger partial charge in [-0.15, -0.1) is 0 Å². The fraction of sp³-hybridized carbons (Fsp3) is 0.917. The summed E-state index contributed by atoms with van der Waals surface area (Å²) < 4.78 is 0. The van der Waals surface area contributed by atoms with E-state index in [0.29, 0.717) is 12.1 Å². The summed E-state index contributed by atoms with van der Waals surface area (Å²) in [7, 11) is 0. The molecule has 3 nitrogen and oxygen atoms in total. The van der Waals surface area contributed by atoms with Crippen molar-refractivity contribution in [1.29, 1.82) is 0 Å². The quantitative estimate of drug-likeness (QED) is 0.658. The number of piperidine rings is 1. The lowest BCUT2D eigenvalue weighted by Gasteiger charge is -2.40. The Hall–Kier alpha value is -0.730. The fourth-order valence-corrected chi connectivity index (χ4v) is 2.21. The summed E-state index contributed by atoms with van der Waals surface area (Å²) >= 11 is 0. The zero-order valence-corrected chi connectivity index (χ0v) is 10.6. The number of amides is 2. The molecule has 2 amide bonds. The number of hydrogen-bond acceptors (Lipinski definition) is 1.